The molecule has 1 atom stereocenters. The van der Waals surface area contributed by atoms with Crippen molar-refractivity contribution in [1.29, 1.82) is 0 Å². The zero-order valence-corrected chi connectivity index (χ0v) is 12.8. The number of aliphatic hydroxyl groups is 1. The average molecular weight is 297 g/mol. The van der Waals surface area contributed by atoms with Gasteiger partial charge in [-0.1, -0.05) is 25.4 Å². The molecule has 0 radical (unpaired) electrons. The van der Waals surface area contributed by atoms with Crippen LogP contribution < -0.4 is 5.32 Å². The second kappa shape index (κ2) is 7.41. The minimum Gasteiger partial charge on any atom is -0.393 e. The van der Waals surface area contributed by atoms with E-state index in [1.54, 1.807) is 31.3 Å². The summed E-state index contributed by atoms with van der Waals surface area (Å²) in [5, 5.41) is 12.6. The SMILES string of the molecule is CC(O)CC(C)(C)CNC(=O)/C=C/c1ccnc(Cl)c1. The molecule has 0 aliphatic heterocycles. The Morgan fingerprint density at radius 3 is 2.90 bits per heavy atom. The van der Waals surface area contributed by atoms with Crippen molar-refractivity contribution in [1.82, 2.24) is 10.3 Å². The predicted octanol–water partition coefficient (Wildman–Crippen LogP) is 2.66. The summed E-state index contributed by atoms with van der Waals surface area (Å²) in [6, 6.07) is 3.45. The quantitative estimate of drug-likeness (QED) is 0.627. The Labute approximate surface area is 124 Å². The van der Waals surface area contributed by atoms with Crippen LogP contribution in [0.5, 0.6) is 0 Å². The third kappa shape index (κ3) is 6.68. The first-order valence-electron chi connectivity index (χ1n) is 6.54. The van der Waals surface area contributed by atoms with E-state index in [-0.39, 0.29) is 17.4 Å². The number of carbonyl (C=O) groups excluding carboxylic acids is 1. The number of halogens is 1. The molecule has 0 bridgehead atoms. The maximum Gasteiger partial charge on any atom is 0.244 e. The van der Waals surface area contributed by atoms with E-state index in [0.29, 0.717) is 18.1 Å². The lowest BCUT2D eigenvalue weighted by molar-refractivity contribution is -0.117. The molecule has 1 heterocycles. The van der Waals surface area contributed by atoms with Crippen molar-refractivity contribution in [2.75, 3.05) is 6.54 Å². The molecule has 5 heteroatoms. The molecule has 0 aliphatic carbocycles. The van der Waals surface area contributed by atoms with Gasteiger partial charge in [0.15, 0.2) is 0 Å². The number of hydrogen-bond acceptors (Lipinski definition) is 3. The van der Waals surface area contributed by atoms with Crippen LogP contribution in [0.2, 0.25) is 5.15 Å². The van der Waals surface area contributed by atoms with E-state index >= 15 is 0 Å². The van der Waals surface area contributed by atoms with Crippen LogP contribution in [0.1, 0.15) is 32.8 Å². The summed E-state index contributed by atoms with van der Waals surface area (Å²) in [6.07, 6.45) is 4.99. The first kappa shape index (κ1) is 16.7. The van der Waals surface area contributed by atoms with Crippen LogP contribution in [0.15, 0.2) is 24.4 Å². The van der Waals surface area contributed by atoms with Crippen LogP contribution in [0, 0.1) is 5.41 Å². The Balaban J connectivity index is 2.48. The van der Waals surface area contributed by atoms with Crippen molar-refractivity contribution in [3.8, 4) is 0 Å². The molecule has 1 aromatic rings. The van der Waals surface area contributed by atoms with Gasteiger partial charge in [0.2, 0.25) is 5.91 Å². The maximum absolute atomic E-state index is 11.7. The molecule has 0 saturated heterocycles. The molecule has 0 fully saturated rings. The minimum atomic E-state index is -0.378. The summed E-state index contributed by atoms with van der Waals surface area (Å²) >= 11 is 5.76. The third-order valence-corrected chi connectivity index (χ3v) is 2.97. The Bertz CT molecular complexity index is 485. The molecule has 0 spiro atoms. The van der Waals surface area contributed by atoms with E-state index in [0.717, 1.165) is 5.56 Å². The lowest BCUT2D eigenvalue weighted by atomic mass is 9.87. The van der Waals surface area contributed by atoms with E-state index in [1.807, 2.05) is 13.8 Å². The third-order valence-electron chi connectivity index (χ3n) is 2.77. The Hall–Kier alpha value is -1.39. The number of rotatable bonds is 6. The van der Waals surface area contributed by atoms with E-state index in [9.17, 15) is 9.90 Å². The summed E-state index contributed by atoms with van der Waals surface area (Å²) in [6.45, 7) is 6.27. The first-order valence-corrected chi connectivity index (χ1v) is 6.92. The van der Waals surface area contributed by atoms with Crippen LogP contribution in [-0.2, 0) is 4.79 Å². The molecule has 20 heavy (non-hydrogen) atoms. The lowest BCUT2D eigenvalue weighted by Crippen LogP contribution is -2.34. The molecule has 1 amide bonds. The number of nitrogens with one attached hydrogen (secondary N) is 1. The molecule has 4 nitrogen and oxygen atoms in total. The monoisotopic (exact) mass is 296 g/mol. The molecule has 110 valence electrons. The van der Waals surface area contributed by atoms with E-state index in [2.05, 4.69) is 10.3 Å². The van der Waals surface area contributed by atoms with Gasteiger partial charge in [0, 0.05) is 18.8 Å². The van der Waals surface area contributed by atoms with Crippen molar-refractivity contribution in [2.24, 2.45) is 5.41 Å². The van der Waals surface area contributed by atoms with Gasteiger partial charge in [0.25, 0.3) is 0 Å². The topological polar surface area (TPSA) is 62.2 Å². The minimum absolute atomic E-state index is 0.141. The first-order chi connectivity index (χ1) is 9.28. The number of aromatic nitrogens is 1. The van der Waals surface area contributed by atoms with Gasteiger partial charge in [-0.15, -0.1) is 0 Å². The summed E-state index contributed by atoms with van der Waals surface area (Å²) in [4.78, 5) is 15.6. The van der Waals surface area contributed by atoms with Crippen LogP contribution in [0.25, 0.3) is 6.08 Å². The number of hydrogen-bond donors (Lipinski definition) is 2. The van der Waals surface area contributed by atoms with Gasteiger partial charge in [0.1, 0.15) is 5.15 Å². The molecular weight excluding hydrogens is 276 g/mol. The fourth-order valence-electron chi connectivity index (χ4n) is 1.95. The van der Waals surface area contributed by atoms with E-state index in [1.165, 1.54) is 6.08 Å². The summed E-state index contributed by atoms with van der Waals surface area (Å²) in [5.74, 6) is -0.170. The second-order valence-electron chi connectivity index (χ2n) is 5.68. The summed E-state index contributed by atoms with van der Waals surface area (Å²) < 4.78 is 0. The van der Waals surface area contributed by atoms with Crippen molar-refractivity contribution in [3.63, 3.8) is 0 Å². The fourth-order valence-corrected chi connectivity index (χ4v) is 2.13. The molecule has 1 aromatic heterocycles. The standard InChI is InChI=1S/C15H21ClN2O2/c1-11(19)9-15(2,3)10-18-14(20)5-4-12-6-7-17-13(16)8-12/h4-8,11,19H,9-10H2,1-3H3,(H,18,20)/b5-4+. The number of carbonyl (C=O) groups is 1. The van der Waals surface area contributed by atoms with Crippen LogP contribution in [0.3, 0.4) is 0 Å². The molecular formula is C15H21ClN2O2. The Kier molecular flexibility index (Phi) is 6.17. The highest BCUT2D eigenvalue weighted by atomic mass is 35.5. The van der Waals surface area contributed by atoms with Crippen molar-refractivity contribution >= 4 is 23.6 Å². The van der Waals surface area contributed by atoms with Crippen molar-refractivity contribution in [2.45, 2.75) is 33.3 Å². The second-order valence-corrected chi connectivity index (χ2v) is 6.07. The summed E-state index contributed by atoms with van der Waals surface area (Å²) in [7, 11) is 0. The van der Waals surface area contributed by atoms with Gasteiger partial charge >= 0.3 is 0 Å². The number of nitrogens with zero attached hydrogens (tertiary/aromatic N) is 1. The number of amides is 1. The van der Waals surface area contributed by atoms with Crippen molar-refractivity contribution in [3.05, 3.63) is 35.1 Å². The Morgan fingerprint density at radius 2 is 2.30 bits per heavy atom. The highest BCUT2D eigenvalue weighted by Gasteiger charge is 2.20. The van der Waals surface area contributed by atoms with Crippen molar-refractivity contribution < 1.29 is 9.90 Å². The molecule has 1 rings (SSSR count). The van der Waals surface area contributed by atoms with Crippen LogP contribution in [-0.4, -0.2) is 28.6 Å². The smallest absolute Gasteiger partial charge is 0.244 e. The normalized spacial score (nSPS) is 13.4. The van der Waals surface area contributed by atoms with E-state index in [4.69, 9.17) is 11.6 Å². The maximum atomic E-state index is 11.7. The largest absolute Gasteiger partial charge is 0.393 e. The zero-order valence-electron chi connectivity index (χ0n) is 12.1. The molecule has 0 aliphatic rings. The molecule has 1 unspecified atom stereocenters. The fraction of sp³-hybridized carbons (Fsp3) is 0.467. The molecule has 0 saturated carbocycles. The molecule has 2 N–H and O–H groups in total. The number of aliphatic hydroxyl groups excluding tert-OH is 1. The number of pyridine rings is 1. The highest BCUT2D eigenvalue weighted by molar-refractivity contribution is 6.29. The zero-order chi connectivity index (χ0) is 15.2. The van der Waals surface area contributed by atoms with Crippen LogP contribution >= 0.6 is 11.6 Å². The van der Waals surface area contributed by atoms with Gasteiger partial charge in [0.05, 0.1) is 6.10 Å². The predicted molar refractivity (Wildman–Crippen MR) is 81.4 cm³/mol. The Morgan fingerprint density at radius 1 is 1.60 bits per heavy atom. The van der Waals surface area contributed by atoms with Crippen LogP contribution in [0.4, 0.5) is 0 Å². The average Bonchev–Trinajstić information content (AvgIpc) is 2.32. The van der Waals surface area contributed by atoms with Gasteiger partial charge in [-0.05, 0) is 42.5 Å². The highest BCUT2D eigenvalue weighted by Crippen LogP contribution is 2.21. The summed E-state index contributed by atoms with van der Waals surface area (Å²) in [5.41, 5.74) is 0.681. The van der Waals surface area contributed by atoms with Gasteiger partial charge in [-0.3, -0.25) is 4.79 Å². The van der Waals surface area contributed by atoms with Gasteiger partial charge < -0.3 is 10.4 Å². The van der Waals surface area contributed by atoms with E-state index < -0.39 is 0 Å². The van der Waals surface area contributed by atoms with Gasteiger partial charge in [-0.2, -0.15) is 0 Å². The lowest BCUT2D eigenvalue weighted by Gasteiger charge is -2.26. The molecule has 0 aromatic carbocycles. The van der Waals surface area contributed by atoms with Gasteiger partial charge in [-0.25, -0.2) is 4.98 Å².